The molecule has 1 atom stereocenters. The number of carbonyl (C=O) groups excluding carboxylic acids is 2. The molecule has 1 aromatic carbocycles. The average Bonchev–Trinajstić information content (AvgIpc) is 2.51. The van der Waals surface area contributed by atoms with Crippen molar-refractivity contribution in [3.05, 3.63) is 23.0 Å². The topological polar surface area (TPSA) is 55.4 Å². The van der Waals surface area contributed by atoms with E-state index in [0.29, 0.717) is 17.9 Å². The van der Waals surface area contributed by atoms with Crippen molar-refractivity contribution in [1.82, 2.24) is 0 Å². The molecule has 0 bridgehead atoms. The first-order valence-corrected chi connectivity index (χ1v) is 9.24. The molecule has 1 amide bonds. The molecule has 24 heavy (non-hydrogen) atoms. The molecule has 0 saturated heterocycles. The molecule has 0 heterocycles. The number of ether oxygens (including phenoxy) is 1. The summed E-state index contributed by atoms with van der Waals surface area (Å²) in [5, 5.41) is 2.20. The van der Waals surface area contributed by atoms with Gasteiger partial charge in [-0.2, -0.15) is 0 Å². The van der Waals surface area contributed by atoms with Gasteiger partial charge in [-0.3, -0.25) is 9.59 Å². The first-order chi connectivity index (χ1) is 11.4. The Labute approximate surface area is 151 Å². The van der Waals surface area contributed by atoms with Crippen molar-refractivity contribution in [1.29, 1.82) is 0 Å². The van der Waals surface area contributed by atoms with Crippen LogP contribution in [0.4, 0.5) is 10.1 Å². The van der Waals surface area contributed by atoms with Crippen molar-refractivity contribution < 1.29 is 18.7 Å². The normalized spacial score (nSPS) is 11.9. The molecule has 1 rings (SSSR count). The predicted octanol–water partition coefficient (Wildman–Crippen LogP) is 5.04. The van der Waals surface area contributed by atoms with Gasteiger partial charge in [-0.05, 0) is 25.0 Å². The fourth-order valence-corrected chi connectivity index (χ4v) is 3.42. The van der Waals surface area contributed by atoms with Gasteiger partial charge in [0.05, 0.1) is 17.3 Å². The summed E-state index contributed by atoms with van der Waals surface area (Å²) >= 11 is 7.32. The van der Waals surface area contributed by atoms with Crippen LogP contribution in [-0.2, 0) is 14.3 Å². The molecule has 1 aromatic rings. The number of carbonyl (C=O) groups is 2. The molecule has 1 N–H and O–H groups in total. The van der Waals surface area contributed by atoms with Crippen molar-refractivity contribution in [3.63, 3.8) is 0 Å². The first kappa shape index (κ1) is 20.8. The molecule has 0 aliphatic heterocycles. The van der Waals surface area contributed by atoms with E-state index in [1.165, 1.54) is 24.8 Å². The second kappa shape index (κ2) is 10.6. The quantitative estimate of drug-likeness (QED) is 0.373. The number of nitrogens with one attached hydrogen (secondary N) is 1. The van der Waals surface area contributed by atoms with Crippen molar-refractivity contribution in [2.45, 2.75) is 56.6 Å². The minimum atomic E-state index is -0.614. The number of hydrogen-bond donors (Lipinski definition) is 1. The van der Waals surface area contributed by atoms with Crippen LogP contribution in [0, 0.1) is 5.82 Å². The van der Waals surface area contributed by atoms with E-state index in [4.69, 9.17) is 16.3 Å². The zero-order valence-electron chi connectivity index (χ0n) is 14.2. The van der Waals surface area contributed by atoms with Crippen LogP contribution in [-0.4, -0.2) is 23.7 Å². The summed E-state index contributed by atoms with van der Waals surface area (Å²) in [4.78, 5) is 23.9. The van der Waals surface area contributed by atoms with Gasteiger partial charge in [0.2, 0.25) is 5.91 Å². The third kappa shape index (κ3) is 6.69. The maximum absolute atomic E-state index is 13.8. The number of halogens is 2. The Kier molecular flexibility index (Phi) is 9.14. The van der Waals surface area contributed by atoms with Gasteiger partial charge >= 0.3 is 5.97 Å². The Balaban J connectivity index is 2.92. The van der Waals surface area contributed by atoms with Gasteiger partial charge < -0.3 is 10.1 Å². The number of unbranched alkanes of at least 4 members (excludes halogenated alkanes) is 1. The lowest BCUT2D eigenvalue weighted by Gasteiger charge is -2.16. The SMILES string of the molecule is CCCCOC(=O)C(CCC)Sc1cc(NC(C)=O)c(F)cc1Cl. The van der Waals surface area contributed by atoms with Crippen LogP contribution < -0.4 is 5.32 Å². The second-order valence-corrected chi connectivity index (χ2v) is 7.01. The van der Waals surface area contributed by atoms with Gasteiger partial charge in [-0.25, -0.2) is 4.39 Å². The summed E-state index contributed by atoms with van der Waals surface area (Å²) in [6.45, 7) is 5.69. The molecule has 0 saturated carbocycles. The summed E-state index contributed by atoms with van der Waals surface area (Å²) in [5.41, 5.74) is 0.0454. The molecule has 0 aliphatic rings. The summed E-state index contributed by atoms with van der Waals surface area (Å²) < 4.78 is 19.1. The zero-order valence-corrected chi connectivity index (χ0v) is 15.7. The van der Waals surface area contributed by atoms with Crippen molar-refractivity contribution in [3.8, 4) is 0 Å². The molecule has 0 radical (unpaired) electrons. The highest BCUT2D eigenvalue weighted by molar-refractivity contribution is 8.00. The first-order valence-electron chi connectivity index (χ1n) is 7.98. The smallest absolute Gasteiger partial charge is 0.319 e. The largest absolute Gasteiger partial charge is 0.465 e. The van der Waals surface area contributed by atoms with E-state index in [-0.39, 0.29) is 22.6 Å². The molecule has 0 spiro atoms. The van der Waals surface area contributed by atoms with Crippen LogP contribution in [0.2, 0.25) is 5.02 Å². The van der Waals surface area contributed by atoms with Crippen LogP contribution >= 0.6 is 23.4 Å². The minimum absolute atomic E-state index is 0.0454. The van der Waals surface area contributed by atoms with E-state index >= 15 is 0 Å². The molecule has 0 aliphatic carbocycles. The summed E-state index contributed by atoms with van der Waals surface area (Å²) in [6.07, 6.45) is 3.19. The Morgan fingerprint density at radius 1 is 1.33 bits per heavy atom. The number of hydrogen-bond acceptors (Lipinski definition) is 4. The fourth-order valence-electron chi connectivity index (χ4n) is 1.96. The molecule has 0 aromatic heterocycles. The third-order valence-electron chi connectivity index (χ3n) is 3.16. The predicted molar refractivity (Wildman–Crippen MR) is 96.1 cm³/mol. The Bertz CT molecular complexity index is 583. The maximum Gasteiger partial charge on any atom is 0.319 e. The highest BCUT2D eigenvalue weighted by atomic mass is 35.5. The lowest BCUT2D eigenvalue weighted by molar-refractivity contribution is -0.143. The van der Waals surface area contributed by atoms with Crippen LogP contribution in [0.1, 0.15) is 46.5 Å². The van der Waals surface area contributed by atoms with Crippen LogP contribution in [0.25, 0.3) is 0 Å². The lowest BCUT2D eigenvalue weighted by atomic mass is 10.2. The zero-order chi connectivity index (χ0) is 18.1. The van der Waals surface area contributed by atoms with Gasteiger partial charge in [0, 0.05) is 11.8 Å². The van der Waals surface area contributed by atoms with Gasteiger partial charge in [0.1, 0.15) is 11.1 Å². The Morgan fingerprint density at radius 2 is 2.04 bits per heavy atom. The molecule has 7 heteroatoms. The van der Waals surface area contributed by atoms with E-state index in [2.05, 4.69) is 5.32 Å². The third-order valence-corrected chi connectivity index (χ3v) is 4.89. The second-order valence-electron chi connectivity index (χ2n) is 5.36. The highest BCUT2D eigenvalue weighted by Crippen LogP contribution is 2.36. The summed E-state index contributed by atoms with van der Waals surface area (Å²) in [7, 11) is 0. The van der Waals surface area contributed by atoms with E-state index in [1.807, 2.05) is 13.8 Å². The van der Waals surface area contributed by atoms with Crippen molar-refractivity contribution in [2.24, 2.45) is 0 Å². The lowest BCUT2D eigenvalue weighted by Crippen LogP contribution is -2.20. The number of amides is 1. The van der Waals surface area contributed by atoms with Crippen LogP contribution in [0.15, 0.2) is 17.0 Å². The molecular weight excluding hydrogens is 353 g/mol. The van der Waals surface area contributed by atoms with Gasteiger partial charge in [-0.15, -0.1) is 11.8 Å². The number of benzene rings is 1. The maximum atomic E-state index is 13.8. The van der Waals surface area contributed by atoms with E-state index in [0.717, 1.165) is 25.3 Å². The van der Waals surface area contributed by atoms with Crippen molar-refractivity contribution in [2.75, 3.05) is 11.9 Å². The van der Waals surface area contributed by atoms with E-state index in [1.54, 1.807) is 0 Å². The fraction of sp³-hybridized carbons (Fsp3) is 0.529. The molecule has 1 unspecified atom stereocenters. The average molecular weight is 376 g/mol. The minimum Gasteiger partial charge on any atom is -0.465 e. The van der Waals surface area contributed by atoms with E-state index in [9.17, 15) is 14.0 Å². The summed E-state index contributed by atoms with van der Waals surface area (Å²) in [5.74, 6) is -1.29. The van der Waals surface area contributed by atoms with E-state index < -0.39 is 11.1 Å². The van der Waals surface area contributed by atoms with Gasteiger partial charge in [-0.1, -0.05) is 38.3 Å². The molecule has 4 nitrogen and oxygen atoms in total. The molecular formula is C17H23ClFNO3S. The number of esters is 1. The standard InChI is InChI=1S/C17H23ClFNO3S/c1-4-6-8-23-17(22)15(7-5-2)24-16-10-14(20-11(3)21)13(19)9-12(16)18/h9-10,15H,4-8H2,1-3H3,(H,20,21). The Hall–Kier alpha value is -1.27. The number of anilines is 1. The monoisotopic (exact) mass is 375 g/mol. The molecule has 0 fully saturated rings. The number of rotatable bonds is 9. The van der Waals surface area contributed by atoms with Crippen LogP contribution in [0.5, 0.6) is 0 Å². The van der Waals surface area contributed by atoms with Crippen molar-refractivity contribution >= 4 is 40.9 Å². The highest BCUT2D eigenvalue weighted by Gasteiger charge is 2.22. The van der Waals surface area contributed by atoms with Gasteiger partial charge in [0.25, 0.3) is 0 Å². The van der Waals surface area contributed by atoms with Gasteiger partial charge in [0.15, 0.2) is 0 Å². The summed E-state index contributed by atoms with van der Waals surface area (Å²) in [6, 6.07) is 2.59. The number of thioether (sulfide) groups is 1. The Morgan fingerprint density at radius 3 is 2.62 bits per heavy atom. The van der Waals surface area contributed by atoms with Crippen LogP contribution in [0.3, 0.4) is 0 Å². The molecule has 134 valence electrons.